The summed E-state index contributed by atoms with van der Waals surface area (Å²) in [5, 5.41) is 6.79. The van der Waals surface area contributed by atoms with E-state index in [0.717, 1.165) is 44.0 Å². The van der Waals surface area contributed by atoms with Gasteiger partial charge in [0.15, 0.2) is 0 Å². The minimum Gasteiger partial charge on any atom is -0.494 e. The standard InChI is InChI=1S/C18H25N3O/c1-2-22-17-9-7-8-16(14-17)15-19-11-5-6-13-21-18-10-3-4-12-20-18/h3-4,7-10,12,14,19H,2,5-6,11,13,15H2,1H3,(H,20,21). The smallest absolute Gasteiger partial charge is 0.125 e. The van der Waals surface area contributed by atoms with Crippen LogP contribution in [0, 0.1) is 0 Å². The van der Waals surface area contributed by atoms with Crippen LogP contribution in [0.15, 0.2) is 48.7 Å². The van der Waals surface area contributed by atoms with Gasteiger partial charge in [0.1, 0.15) is 11.6 Å². The molecule has 0 atom stereocenters. The van der Waals surface area contributed by atoms with Gasteiger partial charge in [-0.25, -0.2) is 4.98 Å². The number of unbranched alkanes of at least 4 members (excludes halogenated alkanes) is 1. The molecule has 0 bridgehead atoms. The SMILES string of the molecule is CCOc1cccc(CNCCCCNc2ccccn2)c1. The number of ether oxygens (including phenoxy) is 1. The van der Waals surface area contributed by atoms with Crippen LogP contribution in [0.25, 0.3) is 0 Å². The second-order valence-electron chi connectivity index (χ2n) is 5.11. The largest absolute Gasteiger partial charge is 0.494 e. The molecule has 22 heavy (non-hydrogen) atoms. The molecule has 0 amide bonds. The summed E-state index contributed by atoms with van der Waals surface area (Å²) in [5.74, 6) is 1.89. The second kappa shape index (κ2) is 9.79. The zero-order valence-corrected chi connectivity index (χ0v) is 13.2. The van der Waals surface area contributed by atoms with Gasteiger partial charge in [0, 0.05) is 19.3 Å². The first-order valence-electron chi connectivity index (χ1n) is 7.96. The average molecular weight is 299 g/mol. The van der Waals surface area contributed by atoms with Gasteiger partial charge in [-0.3, -0.25) is 0 Å². The Kier molecular flexibility index (Phi) is 7.26. The quantitative estimate of drug-likeness (QED) is 0.660. The number of pyridine rings is 1. The highest BCUT2D eigenvalue weighted by Crippen LogP contribution is 2.12. The third-order valence-corrected chi connectivity index (χ3v) is 3.29. The Labute approximate surface area is 132 Å². The first-order valence-corrected chi connectivity index (χ1v) is 7.96. The van der Waals surface area contributed by atoms with Crippen molar-refractivity contribution in [1.29, 1.82) is 0 Å². The summed E-state index contributed by atoms with van der Waals surface area (Å²) in [6.45, 7) is 5.57. The van der Waals surface area contributed by atoms with Crippen LogP contribution < -0.4 is 15.4 Å². The molecule has 0 saturated heterocycles. The molecule has 0 unspecified atom stereocenters. The first kappa shape index (κ1) is 16.3. The van der Waals surface area contributed by atoms with E-state index >= 15 is 0 Å². The minimum absolute atomic E-state index is 0.708. The number of rotatable bonds is 10. The Hall–Kier alpha value is -2.07. The summed E-state index contributed by atoms with van der Waals surface area (Å²) in [6.07, 6.45) is 4.08. The van der Waals surface area contributed by atoms with Crippen LogP contribution in [0.3, 0.4) is 0 Å². The van der Waals surface area contributed by atoms with Crippen molar-refractivity contribution in [1.82, 2.24) is 10.3 Å². The minimum atomic E-state index is 0.708. The molecular weight excluding hydrogens is 274 g/mol. The number of aromatic nitrogens is 1. The fourth-order valence-electron chi connectivity index (χ4n) is 2.20. The molecule has 1 aromatic carbocycles. The van der Waals surface area contributed by atoms with Crippen molar-refractivity contribution in [2.45, 2.75) is 26.3 Å². The number of nitrogens with zero attached hydrogens (tertiary/aromatic N) is 1. The molecule has 0 aliphatic carbocycles. The molecule has 4 heteroatoms. The molecule has 0 spiro atoms. The Morgan fingerprint density at radius 3 is 2.77 bits per heavy atom. The van der Waals surface area contributed by atoms with Gasteiger partial charge in [0.05, 0.1) is 6.61 Å². The number of benzene rings is 1. The molecule has 1 heterocycles. The molecule has 0 saturated carbocycles. The van der Waals surface area contributed by atoms with E-state index in [2.05, 4.69) is 27.8 Å². The summed E-state index contributed by atoms with van der Waals surface area (Å²) in [7, 11) is 0. The number of hydrogen-bond donors (Lipinski definition) is 2. The average Bonchev–Trinajstić information content (AvgIpc) is 2.56. The van der Waals surface area contributed by atoms with Gasteiger partial charge >= 0.3 is 0 Å². The van der Waals surface area contributed by atoms with E-state index < -0.39 is 0 Å². The fourth-order valence-corrected chi connectivity index (χ4v) is 2.20. The molecule has 2 N–H and O–H groups in total. The van der Waals surface area contributed by atoms with Crippen molar-refractivity contribution in [2.24, 2.45) is 0 Å². The van der Waals surface area contributed by atoms with Crippen molar-refractivity contribution < 1.29 is 4.74 Å². The Bertz CT molecular complexity index is 531. The number of hydrogen-bond acceptors (Lipinski definition) is 4. The molecule has 2 aromatic rings. The maximum atomic E-state index is 5.51. The van der Waals surface area contributed by atoms with Crippen LogP contribution in [0.4, 0.5) is 5.82 Å². The lowest BCUT2D eigenvalue weighted by Crippen LogP contribution is -2.16. The van der Waals surface area contributed by atoms with E-state index in [0.29, 0.717) is 6.61 Å². The normalized spacial score (nSPS) is 10.4. The van der Waals surface area contributed by atoms with E-state index in [9.17, 15) is 0 Å². The first-order chi connectivity index (χ1) is 10.9. The lowest BCUT2D eigenvalue weighted by molar-refractivity contribution is 0.340. The summed E-state index contributed by atoms with van der Waals surface area (Å²) >= 11 is 0. The van der Waals surface area contributed by atoms with Gasteiger partial charge in [0.2, 0.25) is 0 Å². The van der Waals surface area contributed by atoms with Crippen molar-refractivity contribution >= 4 is 5.82 Å². The molecule has 0 fully saturated rings. The van der Waals surface area contributed by atoms with Crippen LogP contribution in [0.2, 0.25) is 0 Å². The van der Waals surface area contributed by atoms with Crippen molar-refractivity contribution in [3.63, 3.8) is 0 Å². The number of anilines is 1. The highest BCUT2D eigenvalue weighted by atomic mass is 16.5. The fraction of sp³-hybridized carbons (Fsp3) is 0.389. The third kappa shape index (κ3) is 6.14. The van der Waals surface area contributed by atoms with Gasteiger partial charge in [0.25, 0.3) is 0 Å². The highest BCUT2D eigenvalue weighted by Gasteiger charge is 1.96. The Morgan fingerprint density at radius 2 is 1.95 bits per heavy atom. The Balaban J connectivity index is 1.55. The number of nitrogens with one attached hydrogen (secondary N) is 2. The van der Waals surface area contributed by atoms with Gasteiger partial charge < -0.3 is 15.4 Å². The third-order valence-electron chi connectivity index (χ3n) is 3.29. The van der Waals surface area contributed by atoms with E-state index in [1.54, 1.807) is 6.20 Å². The molecule has 2 rings (SSSR count). The summed E-state index contributed by atoms with van der Waals surface area (Å²) in [6, 6.07) is 14.2. The van der Waals surface area contributed by atoms with Crippen LogP contribution in [-0.2, 0) is 6.54 Å². The van der Waals surface area contributed by atoms with E-state index in [1.165, 1.54) is 5.56 Å². The van der Waals surface area contributed by atoms with Crippen LogP contribution in [0.5, 0.6) is 5.75 Å². The zero-order chi connectivity index (χ0) is 15.5. The zero-order valence-electron chi connectivity index (χ0n) is 13.2. The molecule has 1 aromatic heterocycles. The molecule has 4 nitrogen and oxygen atoms in total. The van der Waals surface area contributed by atoms with Crippen LogP contribution in [0.1, 0.15) is 25.3 Å². The van der Waals surface area contributed by atoms with E-state index in [1.807, 2.05) is 37.3 Å². The monoisotopic (exact) mass is 299 g/mol. The second-order valence-corrected chi connectivity index (χ2v) is 5.11. The molecular formula is C18H25N3O. The predicted octanol–water partition coefficient (Wildman–Crippen LogP) is 3.46. The molecule has 0 aliphatic heterocycles. The van der Waals surface area contributed by atoms with Crippen molar-refractivity contribution in [3.8, 4) is 5.75 Å². The van der Waals surface area contributed by atoms with Gasteiger partial charge in [-0.15, -0.1) is 0 Å². The summed E-state index contributed by atoms with van der Waals surface area (Å²) in [5.41, 5.74) is 1.26. The molecule has 0 radical (unpaired) electrons. The van der Waals surface area contributed by atoms with Crippen LogP contribution in [-0.4, -0.2) is 24.7 Å². The topological polar surface area (TPSA) is 46.2 Å². The Morgan fingerprint density at radius 1 is 1.05 bits per heavy atom. The van der Waals surface area contributed by atoms with E-state index in [4.69, 9.17) is 4.74 Å². The maximum absolute atomic E-state index is 5.51. The van der Waals surface area contributed by atoms with E-state index in [-0.39, 0.29) is 0 Å². The van der Waals surface area contributed by atoms with Crippen LogP contribution >= 0.6 is 0 Å². The lowest BCUT2D eigenvalue weighted by atomic mass is 10.2. The summed E-state index contributed by atoms with van der Waals surface area (Å²) < 4.78 is 5.51. The van der Waals surface area contributed by atoms with Crippen molar-refractivity contribution in [3.05, 3.63) is 54.2 Å². The predicted molar refractivity (Wildman–Crippen MR) is 91.3 cm³/mol. The van der Waals surface area contributed by atoms with Crippen molar-refractivity contribution in [2.75, 3.05) is 25.0 Å². The lowest BCUT2D eigenvalue weighted by Gasteiger charge is -2.08. The maximum Gasteiger partial charge on any atom is 0.125 e. The van der Waals surface area contributed by atoms with Gasteiger partial charge in [-0.1, -0.05) is 18.2 Å². The molecule has 0 aliphatic rings. The van der Waals surface area contributed by atoms with Gasteiger partial charge in [-0.05, 0) is 56.1 Å². The van der Waals surface area contributed by atoms with Gasteiger partial charge in [-0.2, -0.15) is 0 Å². The highest BCUT2D eigenvalue weighted by molar-refractivity contribution is 5.32. The summed E-state index contributed by atoms with van der Waals surface area (Å²) in [4.78, 5) is 4.24. The molecule has 118 valence electrons.